The van der Waals surface area contributed by atoms with E-state index < -0.39 is 5.78 Å². The van der Waals surface area contributed by atoms with E-state index in [1.165, 1.54) is 0 Å². The monoisotopic (exact) mass is 287 g/mol. The summed E-state index contributed by atoms with van der Waals surface area (Å²) in [4.78, 5) is 21.8. The van der Waals surface area contributed by atoms with E-state index in [1.54, 1.807) is 0 Å². The minimum atomic E-state index is -0.394. The van der Waals surface area contributed by atoms with Crippen LogP contribution < -0.4 is 5.32 Å². The average molecular weight is 288 g/mol. The third-order valence-electron chi connectivity index (χ3n) is 3.89. The van der Waals surface area contributed by atoms with Crippen molar-refractivity contribution in [3.63, 3.8) is 0 Å². The molecule has 1 heterocycles. The van der Waals surface area contributed by atoms with Gasteiger partial charge in [0.2, 0.25) is 0 Å². The summed E-state index contributed by atoms with van der Waals surface area (Å²) in [6.07, 6.45) is 5.35. The maximum atomic E-state index is 11.3. The molecule has 0 fully saturated rings. The molecule has 3 rings (SSSR count). The van der Waals surface area contributed by atoms with E-state index in [4.69, 9.17) is 11.6 Å². The van der Waals surface area contributed by atoms with Crippen LogP contribution in [0.15, 0.2) is 35.9 Å². The molecular formula is C16H14ClNO2. The van der Waals surface area contributed by atoms with Crippen molar-refractivity contribution in [2.75, 3.05) is 5.32 Å². The molecule has 0 aromatic heterocycles. The standard InChI is InChI=1S/C16H14ClNO2/c1-16-5-4-10(6-12(20)9-19)7-14(16)13-8-11(17)2-3-15(13)18-16/h2-4,7-9,18H,5-6H2,1H3. The fourth-order valence-electron chi connectivity index (χ4n) is 2.85. The Morgan fingerprint density at radius 2 is 2.30 bits per heavy atom. The van der Waals surface area contributed by atoms with Crippen LogP contribution in [0.2, 0.25) is 5.02 Å². The van der Waals surface area contributed by atoms with Crippen LogP contribution in [0.4, 0.5) is 5.69 Å². The van der Waals surface area contributed by atoms with E-state index in [1.807, 2.05) is 30.4 Å². The van der Waals surface area contributed by atoms with Gasteiger partial charge in [0.15, 0.2) is 12.1 Å². The fraction of sp³-hybridized carbons (Fsp3) is 0.250. The Kier molecular flexibility index (Phi) is 3.02. The summed E-state index contributed by atoms with van der Waals surface area (Å²) in [6, 6.07) is 5.77. The number of benzene rings is 1. The molecule has 20 heavy (non-hydrogen) atoms. The SMILES string of the molecule is CC12CC=C(CC(=O)C=O)C=C1c1cc(Cl)ccc1N2. The first-order valence-corrected chi connectivity index (χ1v) is 6.87. The van der Waals surface area contributed by atoms with Crippen LogP contribution in [0, 0.1) is 0 Å². The predicted octanol–water partition coefficient (Wildman–Crippen LogP) is 3.40. The lowest BCUT2D eigenvalue weighted by Gasteiger charge is -2.29. The molecule has 1 N–H and O–H groups in total. The Bertz CT molecular complexity index is 675. The van der Waals surface area contributed by atoms with Crippen molar-refractivity contribution < 1.29 is 9.59 Å². The number of aldehydes is 1. The van der Waals surface area contributed by atoms with Gasteiger partial charge < -0.3 is 5.32 Å². The van der Waals surface area contributed by atoms with Crippen molar-refractivity contribution in [2.24, 2.45) is 0 Å². The van der Waals surface area contributed by atoms with Crippen LogP contribution in [0.3, 0.4) is 0 Å². The molecule has 102 valence electrons. The zero-order chi connectivity index (χ0) is 14.3. The van der Waals surface area contributed by atoms with Gasteiger partial charge in [-0.3, -0.25) is 9.59 Å². The summed E-state index contributed by atoms with van der Waals surface area (Å²) < 4.78 is 0. The van der Waals surface area contributed by atoms with Gasteiger partial charge in [-0.25, -0.2) is 0 Å². The largest absolute Gasteiger partial charge is 0.375 e. The van der Waals surface area contributed by atoms with Crippen LogP contribution in [0.1, 0.15) is 25.3 Å². The molecule has 1 unspecified atom stereocenters. The van der Waals surface area contributed by atoms with Gasteiger partial charge in [0.1, 0.15) is 0 Å². The van der Waals surface area contributed by atoms with Crippen LogP contribution in [-0.2, 0) is 9.59 Å². The molecule has 1 aliphatic heterocycles. The van der Waals surface area contributed by atoms with E-state index in [-0.39, 0.29) is 12.0 Å². The highest BCUT2D eigenvalue weighted by molar-refractivity contribution is 6.31. The summed E-state index contributed by atoms with van der Waals surface area (Å²) >= 11 is 6.07. The van der Waals surface area contributed by atoms with Gasteiger partial charge >= 0.3 is 0 Å². The lowest BCUT2D eigenvalue weighted by molar-refractivity contribution is -0.129. The Morgan fingerprint density at radius 3 is 3.05 bits per heavy atom. The van der Waals surface area contributed by atoms with Crippen LogP contribution in [-0.4, -0.2) is 17.6 Å². The maximum Gasteiger partial charge on any atom is 0.199 e. The zero-order valence-electron chi connectivity index (χ0n) is 11.1. The Balaban J connectivity index is 2.01. The van der Waals surface area contributed by atoms with Crippen molar-refractivity contribution in [3.05, 3.63) is 46.5 Å². The minimum absolute atomic E-state index is 0.166. The van der Waals surface area contributed by atoms with Crippen molar-refractivity contribution in [3.8, 4) is 0 Å². The molecule has 0 saturated carbocycles. The Labute approximate surface area is 122 Å². The number of rotatable bonds is 3. The number of halogens is 1. The molecule has 1 aromatic rings. The number of ketones is 1. The second-order valence-electron chi connectivity index (χ2n) is 5.45. The number of hydrogen-bond donors (Lipinski definition) is 1. The second kappa shape index (κ2) is 4.60. The van der Waals surface area contributed by atoms with Gasteiger partial charge in [-0.15, -0.1) is 0 Å². The first-order chi connectivity index (χ1) is 9.51. The molecule has 4 heteroatoms. The number of allylic oxidation sites excluding steroid dienone is 2. The van der Waals surface area contributed by atoms with Crippen LogP contribution >= 0.6 is 11.6 Å². The summed E-state index contributed by atoms with van der Waals surface area (Å²) in [5.41, 5.74) is 3.99. The smallest absolute Gasteiger partial charge is 0.199 e. The van der Waals surface area contributed by atoms with Gasteiger partial charge in [0.05, 0.1) is 5.54 Å². The number of carbonyl (C=O) groups excluding carboxylic acids is 2. The van der Waals surface area contributed by atoms with E-state index in [0.717, 1.165) is 28.8 Å². The first kappa shape index (κ1) is 13.1. The summed E-state index contributed by atoms with van der Waals surface area (Å²) in [7, 11) is 0. The molecule has 1 aromatic carbocycles. The summed E-state index contributed by atoms with van der Waals surface area (Å²) in [6.45, 7) is 2.13. The Hall–Kier alpha value is -1.87. The summed E-state index contributed by atoms with van der Waals surface area (Å²) in [5.74, 6) is -0.394. The maximum absolute atomic E-state index is 11.3. The molecule has 0 radical (unpaired) electrons. The van der Waals surface area contributed by atoms with Gasteiger partial charge in [-0.1, -0.05) is 23.8 Å². The number of Topliss-reactive ketones (excluding diaryl/α,β-unsaturated/α-hetero) is 1. The summed E-state index contributed by atoms with van der Waals surface area (Å²) in [5, 5.41) is 4.19. The molecule has 3 nitrogen and oxygen atoms in total. The van der Waals surface area contributed by atoms with Crippen LogP contribution in [0.5, 0.6) is 0 Å². The topological polar surface area (TPSA) is 46.2 Å². The van der Waals surface area contributed by atoms with E-state index in [9.17, 15) is 9.59 Å². The third kappa shape index (κ3) is 2.08. The molecule has 0 amide bonds. The van der Waals surface area contributed by atoms with Gasteiger partial charge in [0.25, 0.3) is 0 Å². The molecule has 2 aliphatic rings. The fourth-order valence-corrected chi connectivity index (χ4v) is 3.03. The zero-order valence-corrected chi connectivity index (χ0v) is 11.8. The van der Waals surface area contributed by atoms with E-state index >= 15 is 0 Å². The van der Waals surface area contributed by atoms with E-state index in [0.29, 0.717) is 11.3 Å². The molecule has 1 atom stereocenters. The Morgan fingerprint density at radius 1 is 1.50 bits per heavy atom. The van der Waals surface area contributed by atoms with Crippen molar-refractivity contribution in [1.29, 1.82) is 0 Å². The first-order valence-electron chi connectivity index (χ1n) is 6.49. The number of carbonyl (C=O) groups is 2. The number of anilines is 1. The minimum Gasteiger partial charge on any atom is -0.375 e. The highest BCUT2D eigenvalue weighted by Gasteiger charge is 2.38. The van der Waals surface area contributed by atoms with Crippen LogP contribution in [0.25, 0.3) is 5.57 Å². The highest BCUT2D eigenvalue weighted by atomic mass is 35.5. The quantitative estimate of drug-likeness (QED) is 0.685. The lowest BCUT2D eigenvalue weighted by Crippen LogP contribution is -2.32. The molecule has 0 spiro atoms. The van der Waals surface area contributed by atoms with E-state index in [2.05, 4.69) is 12.2 Å². The van der Waals surface area contributed by atoms with Gasteiger partial charge in [-0.05, 0) is 42.7 Å². The van der Waals surface area contributed by atoms with Gasteiger partial charge in [0, 0.05) is 22.7 Å². The molecule has 0 saturated heterocycles. The molecule has 0 bridgehead atoms. The normalized spacial score (nSPS) is 23.1. The number of fused-ring (bicyclic) bond motifs is 3. The molecule has 1 aliphatic carbocycles. The second-order valence-corrected chi connectivity index (χ2v) is 5.89. The lowest BCUT2D eigenvalue weighted by atomic mass is 9.81. The van der Waals surface area contributed by atoms with Gasteiger partial charge in [-0.2, -0.15) is 0 Å². The number of nitrogens with one attached hydrogen (secondary N) is 1. The van der Waals surface area contributed by atoms with Crippen molar-refractivity contribution in [1.82, 2.24) is 0 Å². The third-order valence-corrected chi connectivity index (χ3v) is 4.12. The average Bonchev–Trinajstić information content (AvgIpc) is 2.71. The predicted molar refractivity (Wildman–Crippen MR) is 79.8 cm³/mol. The highest BCUT2D eigenvalue weighted by Crippen LogP contribution is 2.47. The molecular weight excluding hydrogens is 274 g/mol. The number of hydrogen-bond acceptors (Lipinski definition) is 3. The van der Waals surface area contributed by atoms with Crippen molar-refractivity contribution in [2.45, 2.75) is 25.3 Å². The van der Waals surface area contributed by atoms with Crippen molar-refractivity contribution >= 4 is 34.9 Å².